The molecule has 1 spiro atoms. The van der Waals surface area contributed by atoms with E-state index in [1.54, 1.807) is 6.07 Å². The molecule has 1 aromatic carbocycles. The summed E-state index contributed by atoms with van der Waals surface area (Å²) in [6.45, 7) is 6.25. The molecular formula is C27H32N2O4. The summed E-state index contributed by atoms with van der Waals surface area (Å²) in [5.41, 5.74) is 2.98. The average molecular weight is 449 g/mol. The summed E-state index contributed by atoms with van der Waals surface area (Å²) >= 11 is 0. The van der Waals surface area contributed by atoms with Crippen molar-refractivity contribution in [2.75, 3.05) is 19.6 Å². The minimum absolute atomic E-state index is 0.0140. The molecular weight excluding hydrogens is 416 g/mol. The third-order valence-corrected chi connectivity index (χ3v) is 9.77. The number of hydrogen-bond donors (Lipinski definition) is 2. The van der Waals surface area contributed by atoms with E-state index in [2.05, 4.69) is 16.4 Å². The second-order valence-electron chi connectivity index (χ2n) is 11.0. The van der Waals surface area contributed by atoms with Gasteiger partial charge in [-0.05, 0) is 75.1 Å². The highest BCUT2D eigenvalue weighted by Gasteiger charge is 2.73. The Morgan fingerprint density at radius 1 is 1.24 bits per heavy atom. The van der Waals surface area contributed by atoms with E-state index in [0.717, 1.165) is 69.2 Å². The van der Waals surface area contributed by atoms with Gasteiger partial charge in [-0.15, -0.1) is 6.58 Å². The molecule has 6 aliphatic rings. The molecule has 1 aromatic rings. The molecule has 3 aliphatic carbocycles. The quantitative estimate of drug-likeness (QED) is 0.696. The van der Waals surface area contributed by atoms with E-state index < -0.39 is 11.0 Å². The Morgan fingerprint density at radius 2 is 2.09 bits per heavy atom. The van der Waals surface area contributed by atoms with E-state index in [1.165, 1.54) is 11.1 Å². The number of aliphatic hydroxyl groups is 1. The fraction of sp³-hybridized carbons (Fsp3) is 0.593. The van der Waals surface area contributed by atoms with Crippen LogP contribution in [0.1, 0.15) is 56.1 Å². The number of benzene rings is 1. The molecule has 1 saturated carbocycles. The highest BCUT2D eigenvalue weighted by molar-refractivity contribution is 5.97. The Morgan fingerprint density at radius 3 is 2.91 bits per heavy atom. The van der Waals surface area contributed by atoms with Gasteiger partial charge in [0.25, 0.3) is 0 Å². The molecule has 7 rings (SSSR count). The molecule has 3 aliphatic heterocycles. The molecule has 6 nitrogen and oxygen atoms in total. The van der Waals surface area contributed by atoms with Crippen molar-refractivity contribution in [1.29, 1.82) is 0 Å². The highest BCUT2D eigenvalue weighted by atomic mass is 16.5. The lowest BCUT2D eigenvalue weighted by atomic mass is 9.48. The molecule has 2 bridgehead atoms. The number of rotatable bonds is 3. The Kier molecular flexibility index (Phi) is 4.04. The zero-order chi connectivity index (χ0) is 22.5. The number of amides is 1. The van der Waals surface area contributed by atoms with Crippen LogP contribution < -0.4 is 4.74 Å². The zero-order valence-corrected chi connectivity index (χ0v) is 19.1. The molecule has 33 heavy (non-hydrogen) atoms. The molecule has 1 saturated heterocycles. The van der Waals surface area contributed by atoms with Crippen LogP contribution in [0.25, 0.3) is 0 Å². The maximum atomic E-state index is 13.5. The van der Waals surface area contributed by atoms with E-state index in [1.807, 2.05) is 12.1 Å². The molecule has 3 heterocycles. The Hall–Kier alpha value is -2.31. The van der Waals surface area contributed by atoms with Crippen LogP contribution in [0, 0.1) is 0 Å². The number of carbonyl (C=O) groups is 1. The van der Waals surface area contributed by atoms with Crippen molar-refractivity contribution in [2.45, 2.75) is 80.6 Å². The minimum atomic E-state index is -0.947. The van der Waals surface area contributed by atoms with Gasteiger partial charge in [0.05, 0.1) is 17.1 Å². The van der Waals surface area contributed by atoms with Crippen molar-refractivity contribution >= 4 is 5.91 Å². The summed E-state index contributed by atoms with van der Waals surface area (Å²) in [5.74, 6) is 0.871. The van der Waals surface area contributed by atoms with Gasteiger partial charge in [0.15, 0.2) is 11.5 Å². The minimum Gasteiger partial charge on any atom is -0.504 e. The number of phenols is 1. The Balaban J connectivity index is 1.36. The second-order valence-corrected chi connectivity index (χ2v) is 11.0. The number of hydrogen-bond acceptors (Lipinski definition) is 5. The second kappa shape index (κ2) is 6.63. The van der Waals surface area contributed by atoms with Crippen molar-refractivity contribution in [3.05, 3.63) is 47.1 Å². The maximum Gasteiger partial charge on any atom is 0.250 e. The smallest absolute Gasteiger partial charge is 0.250 e. The van der Waals surface area contributed by atoms with Crippen LogP contribution in [-0.4, -0.2) is 69.3 Å². The number of likely N-dealkylation sites (tertiary alicyclic amines) is 1. The first-order valence-electron chi connectivity index (χ1n) is 12.6. The van der Waals surface area contributed by atoms with Crippen LogP contribution in [-0.2, 0) is 16.6 Å². The van der Waals surface area contributed by atoms with E-state index in [4.69, 9.17) is 4.74 Å². The molecule has 2 fully saturated rings. The molecule has 2 N–H and O–H groups in total. The van der Waals surface area contributed by atoms with Gasteiger partial charge >= 0.3 is 0 Å². The molecule has 0 aromatic heterocycles. The maximum absolute atomic E-state index is 13.5. The highest BCUT2D eigenvalue weighted by Crippen LogP contribution is 2.66. The van der Waals surface area contributed by atoms with Crippen molar-refractivity contribution in [2.24, 2.45) is 0 Å². The van der Waals surface area contributed by atoms with Crippen molar-refractivity contribution in [3.63, 3.8) is 0 Å². The molecule has 174 valence electrons. The van der Waals surface area contributed by atoms with Gasteiger partial charge < -0.3 is 19.8 Å². The van der Waals surface area contributed by atoms with Gasteiger partial charge in [0.2, 0.25) is 5.91 Å². The Bertz CT molecular complexity index is 1110. The molecule has 6 heteroatoms. The summed E-state index contributed by atoms with van der Waals surface area (Å²) in [6, 6.07) is 3.64. The largest absolute Gasteiger partial charge is 0.504 e. The van der Waals surface area contributed by atoms with Crippen LogP contribution in [0.2, 0.25) is 0 Å². The van der Waals surface area contributed by atoms with E-state index in [9.17, 15) is 15.0 Å². The predicted octanol–water partition coefficient (Wildman–Crippen LogP) is 2.81. The number of phenolic OH excluding ortho intramolecular Hbond substituents is 1. The molecule has 0 radical (unpaired) electrons. The lowest BCUT2D eigenvalue weighted by molar-refractivity contribution is -0.198. The topological polar surface area (TPSA) is 73.2 Å². The molecule has 2 unspecified atom stereocenters. The number of aromatic hydroxyl groups is 1. The first-order chi connectivity index (χ1) is 16.0. The van der Waals surface area contributed by atoms with Crippen LogP contribution in [0.5, 0.6) is 11.5 Å². The molecule has 5 atom stereocenters. The first-order valence-corrected chi connectivity index (χ1v) is 12.6. The van der Waals surface area contributed by atoms with Gasteiger partial charge in [-0.2, -0.15) is 0 Å². The number of carbonyl (C=O) groups excluding carboxylic acids is 1. The van der Waals surface area contributed by atoms with Crippen LogP contribution in [0.3, 0.4) is 0 Å². The fourth-order valence-electron chi connectivity index (χ4n) is 8.43. The zero-order valence-electron chi connectivity index (χ0n) is 19.1. The monoisotopic (exact) mass is 448 g/mol. The van der Waals surface area contributed by atoms with Gasteiger partial charge in [0, 0.05) is 30.3 Å². The lowest BCUT2D eigenvalue weighted by Gasteiger charge is -2.64. The van der Waals surface area contributed by atoms with Crippen LogP contribution >= 0.6 is 0 Å². The van der Waals surface area contributed by atoms with E-state index in [0.29, 0.717) is 18.7 Å². The van der Waals surface area contributed by atoms with Crippen LogP contribution in [0.4, 0.5) is 0 Å². The van der Waals surface area contributed by atoms with Crippen molar-refractivity contribution < 1.29 is 19.7 Å². The molecule has 1 amide bonds. The number of ether oxygens (including phenoxy) is 1. The number of nitrogens with zero attached hydrogens (tertiary/aromatic N) is 2. The van der Waals surface area contributed by atoms with Crippen molar-refractivity contribution in [3.8, 4) is 11.5 Å². The third kappa shape index (κ3) is 2.29. The summed E-state index contributed by atoms with van der Waals surface area (Å²) in [4.78, 5) is 17.9. The first kappa shape index (κ1) is 20.1. The third-order valence-electron chi connectivity index (χ3n) is 9.77. The fourth-order valence-corrected chi connectivity index (χ4v) is 8.43. The van der Waals surface area contributed by atoms with Gasteiger partial charge in [-0.25, -0.2) is 0 Å². The lowest BCUT2D eigenvalue weighted by Crippen LogP contribution is -2.78. The van der Waals surface area contributed by atoms with E-state index >= 15 is 0 Å². The standard InChI is InChI=1S/C27H32N2O4/c1-2-12-28-13-11-26-22-16-7-8-20(30)23(22)33-24(26)19(9-10-27(26,32)21(28)14-16)29-15-17-5-3-4-6-18(17)25(29)31/h2,7-8,19,21,24,30,32H,1,3-6,9-15H2/t19?,21-,24?,26+,27-/m1/s1. The van der Waals surface area contributed by atoms with Crippen molar-refractivity contribution in [1.82, 2.24) is 9.80 Å². The van der Waals surface area contributed by atoms with E-state index in [-0.39, 0.29) is 29.8 Å². The summed E-state index contributed by atoms with van der Waals surface area (Å²) < 4.78 is 6.64. The van der Waals surface area contributed by atoms with Crippen LogP contribution in [0.15, 0.2) is 35.9 Å². The summed E-state index contributed by atoms with van der Waals surface area (Å²) in [5, 5.41) is 23.3. The Labute approximate surface area is 194 Å². The summed E-state index contributed by atoms with van der Waals surface area (Å²) in [7, 11) is 0. The number of piperidine rings is 1. The normalized spacial score (nSPS) is 38.8. The van der Waals surface area contributed by atoms with Gasteiger partial charge in [-0.3, -0.25) is 9.69 Å². The average Bonchev–Trinajstić information content (AvgIpc) is 3.33. The van der Waals surface area contributed by atoms with Gasteiger partial charge in [0.1, 0.15) is 6.10 Å². The van der Waals surface area contributed by atoms with Gasteiger partial charge in [-0.1, -0.05) is 12.1 Å². The predicted molar refractivity (Wildman–Crippen MR) is 123 cm³/mol. The SMILES string of the molecule is C=CCN1CC[C@]23c4c5ccc(O)c4OC2C(N2CC4=C(CCCC4)C2=O)CC[C@@]3(O)[C@H]1C5. The summed E-state index contributed by atoms with van der Waals surface area (Å²) in [6.07, 6.45) is 8.62.